The van der Waals surface area contributed by atoms with Crippen molar-refractivity contribution in [2.24, 2.45) is 5.92 Å². The fourth-order valence-corrected chi connectivity index (χ4v) is 3.86. The first kappa shape index (κ1) is 22.3. The molecule has 0 saturated heterocycles. The van der Waals surface area contributed by atoms with E-state index in [1.807, 2.05) is 43.3 Å². The van der Waals surface area contributed by atoms with Crippen molar-refractivity contribution < 1.29 is 24.2 Å². The molecule has 31 heavy (non-hydrogen) atoms. The lowest BCUT2D eigenvalue weighted by Crippen LogP contribution is -2.45. The van der Waals surface area contributed by atoms with Gasteiger partial charge >= 0.3 is 12.1 Å². The quantitative estimate of drug-likeness (QED) is 0.571. The summed E-state index contributed by atoms with van der Waals surface area (Å²) < 4.78 is 5.42. The maximum atomic E-state index is 12.1. The van der Waals surface area contributed by atoms with Crippen molar-refractivity contribution in [2.75, 3.05) is 13.2 Å². The summed E-state index contributed by atoms with van der Waals surface area (Å²) >= 11 is 0. The second-order valence-corrected chi connectivity index (χ2v) is 7.77. The Bertz CT molecular complexity index is 913. The van der Waals surface area contributed by atoms with E-state index in [2.05, 4.69) is 22.8 Å². The van der Waals surface area contributed by atoms with Crippen LogP contribution in [0.4, 0.5) is 4.79 Å². The zero-order chi connectivity index (χ0) is 22.4. The van der Waals surface area contributed by atoms with Gasteiger partial charge in [0, 0.05) is 18.9 Å². The van der Waals surface area contributed by atoms with Crippen molar-refractivity contribution in [3.63, 3.8) is 0 Å². The van der Waals surface area contributed by atoms with Crippen molar-refractivity contribution in [3.05, 3.63) is 59.7 Å². The predicted molar refractivity (Wildman–Crippen MR) is 117 cm³/mol. The highest BCUT2D eigenvalue weighted by atomic mass is 16.5. The monoisotopic (exact) mass is 424 g/mol. The molecule has 0 aromatic heterocycles. The SMILES string of the molecule is CC[C@H](C)[C@H](NC(=O)CCNC(=O)OCC1c2ccccc2-c2ccccc21)C(=O)O. The van der Waals surface area contributed by atoms with Gasteiger partial charge in [-0.3, -0.25) is 4.79 Å². The van der Waals surface area contributed by atoms with Gasteiger partial charge in [0.2, 0.25) is 5.91 Å². The van der Waals surface area contributed by atoms with Gasteiger partial charge in [-0.1, -0.05) is 68.8 Å². The highest BCUT2D eigenvalue weighted by Gasteiger charge is 2.29. The van der Waals surface area contributed by atoms with Crippen molar-refractivity contribution >= 4 is 18.0 Å². The van der Waals surface area contributed by atoms with Crippen LogP contribution in [0, 0.1) is 5.92 Å². The summed E-state index contributed by atoms with van der Waals surface area (Å²) in [6, 6.07) is 15.2. The molecule has 7 nitrogen and oxygen atoms in total. The zero-order valence-electron chi connectivity index (χ0n) is 17.8. The normalized spacial score (nSPS) is 14.1. The third-order valence-corrected chi connectivity index (χ3v) is 5.76. The van der Waals surface area contributed by atoms with Gasteiger partial charge < -0.3 is 20.5 Å². The smallest absolute Gasteiger partial charge is 0.407 e. The molecule has 2 atom stereocenters. The van der Waals surface area contributed by atoms with E-state index in [1.54, 1.807) is 6.92 Å². The molecule has 0 bridgehead atoms. The van der Waals surface area contributed by atoms with E-state index in [4.69, 9.17) is 4.74 Å². The van der Waals surface area contributed by atoms with Crippen LogP contribution in [0.1, 0.15) is 43.7 Å². The number of amides is 2. The molecule has 2 aromatic rings. The molecule has 0 aliphatic heterocycles. The number of hydrogen-bond donors (Lipinski definition) is 3. The van der Waals surface area contributed by atoms with E-state index in [9.17, 15) is 19.5 Å². The van der Waals surface area contributed by atoms with Gasteiger partial charge in [0.05, 0.1) is 0 Å². The van der Waals surface area contributed by atoms with Gasteiger partial charge in [-0.25, -0.2) is 9.59 Å². The van der Waals surface area contributed by atoms with E-state index in [-0.39, 0.29) is 31.4 Å². The first-order valence-electron chi connectivity index (χ1n) is 10.5. The van der Waals surface area contributed by atoms with E-state index in [0.717, 1.165) is 22.3 Å². The fourth-order valence-electron chi connectivity index (χ4n) is 3.86. The molecule has 2 aromatic carbocycles. The molecule has 3 rings (SSSR count). The number of nitrogens with one attached hydrogen (secondary N) is 2. The molecule has 2 amide bonds. The predicted octanol–water partition coefficient (Wildman–Crippen LogP) is 3.53. The Labute approximate surface area is 181 Å². The van der Waals surface area contributed by atoms with Crippen LogP contribution in [0.2, 0.25) is 0 Å². The number of benzene rings is 2. The lowest BCUT2D eigenvalue weighted by molar-refractivity contribution is -0.143. The molecule has 0 heterocycles. The largest absolute Gasteiger partial charge is 0.480 e. The van der Waals surface area contributed by atoms with Crippen molar-refractivity contribution in [3.8, 4) is 11.1 Å². The molecule has 0 fully saturated rings. The maximum Gasteiger partial charge on any atom is 0.407 e. The summed E-state index contributed by atoms with van der Waals surface area (Å²) in [7, 11) is 0. The summed E-state index contributed by atoms with van der Waals surface area (Å²) in [6.07, 6.45) is 0.00556. The minimum atomic E-state index is -1.06. The minimum Gasteiger partial charge on any atom is -0.480 e. The highest BCUT2D eigenvalue weighted by molar-refractivity contribution is 5.84. The number of alkyl carbamates (subject to hydrolysis) is 1. The van der Waals surface area contributed by atoms with Crippen LogP contribution in [-0.2, 0) is 14.3 Å². The van der Waals surface area contributed by atoms with Gasteiger partial charge in [0.1, 0.15) is 12.6 Å². The van der Waals surface area contributed by atoms with Crippen molar-refractivity contribution in [1.29, 1.82) is 0 Å². The second-order valence-electron chi connectivity index (χ2n) is 7.77. The number of rotatable bonds is 9. The summed E-state index contributed by atoms with van der Waals surface area (Å²) in [4.78, 5) is 35.5. The Hall–Kier alpha value is -3.35. The number of fused-ring (bicyclic) bond motifs is 3. The Morgan fingerprint density at radius 1 is 1.03 bits per heavy atom. The van der Waals surface area contributed by atoms with Crippen LogP contribution >= 0.6 is 0 Å². The first-order chi connectivity index (χ1) is 14.9. The van der Waals surface area contributed by atoms with Crippen molar-refractivity contribution in [1.82, 2.24) is 10.6 Å². The third kappa shape index (κ3) is 5.23. The molecule has 1 aliphatic carbocycles. The number of carbonyl (C=O) groups is 3. The number of hydrogen-bond acceptors (Lipinski definition) is 4. The van der Waals surface area contributed by atoms with E-state index in [0.29, 0.717) is 6.42 Å². The first-order valence-corrected chi connectivity index (χ1v) is 10.5. The average Bonchev–Trinajstić information content (AvgIpc) is 3.09. The highest BCUT2D eigenvalue weighted by Crippen LogP contribution is 2.44. The molecular formula is C24H28N2O5. The van der Waals surface area contributed by atoms with Gasteiger partial charge in [-0.05, 0) is 28.2 Å². The Balaban J connectivity index is 1.48. The summed E-state index contributed by atoms with van der Waals surface area (Å²) in [5.74, 6) is -1.70. The van der Waals surface area contributed by atoms with Gasteiger partial charge in [0.25, 0.3) is 0 Å². The van der Waals surface area contributed by atoms with E-state index < -0.39 is 24.0 Å². The second kappa shape index (κ2) is 10.1. The number of aliphatic carboxylic acids is 1. The number of carbonyl (C=O) groups excluding carboxylic acids is 2. The fraction of sp³-hybridized carbons (Fsp3) is 0.375. The van der Waals surface area contributed by atoms with Crippen LogP contribution in [-0.4, -0.2) is 42.3 Å². The van der Waals surface area contributed by atoms with Gasteiger partial charge in [-0.2, -0.15) is 0 Å². The molecule has 1 aliphatic rings. The molecule has 3 N–H and O–H groups in total. The number of carboxylic acids is 1. The molecular weight excluding hydrogens is 396 g/mol. The van der Waals surface area contributed by atoms with Crippen LogP contribution in [0.3, 0.4) is 0 Å². The molecule has 0 unspecified atom stereocenters. The van der Waals surface area contributed by atoms with Crippen LogP contribution < -0.4 is 10.6 Å². The lowest BCUT2D eigenvalue weighted by Gasteiger charge is -2.20. The Morgan fingerprint density at radius 2 is 1.61 bits per heavy atom. The van der Waals surface area contributed by atoms with Crippen LogP contribution in [0.15, 0.2) is 48.5 Å². The molecule has 0 spiro atoms. The standard InChI is InChI=1S/C24H28N2O5/c1-3-15(2)22(23(28)29)26-21(27)12-13-25-24(30)31-14-20-18-10-6-4-8-16(18)17-9-5-7-11-19(17)20/h4-11,15,20,22H,3,12-14H2,1-2H3,(H,25,30)(H,26,27)(H,28,29)/t15-,22-/m0/s1. The topological polar surface area (TPSA) is 105 Å². The third-order valence-electron chi connectivity index (χ3n) is 5.76. The summed E-state index contributed by atoms with van der Waals surface area (Å²) in [5.41, 5.74) is 4.55. The summed E-state index contributed by atoms with van der Waals surface area (Å²) in [5, 5.41) is 14.3. The molecule has 0 radical (unpaired) electrons. The van der Waals surface area contributed by atoms with Crippen molar-refractivity contribution in [2.45, 2.75) is 38.6 Å². The minimum absolute atomic E-state index is 0.0234. The number of ether oxygens (including phenoxy) is 1. The zero-order valence-corrected chi connectivity index (χ0v) is 17.8. The van der Waals surface area contributed by atoms with Crippen LogP contribution in [0.5, 0.6) is 0 Å². The molecule has 7 heteroatoms. The molecule has 164 valence electrons. The Kier molecular flexibility index (Phi) is 7.28. The maximum absolute atomic E-state index is 12.1. The van der Waals surface area contributed by atoms with E-state index >= 15 is 0 Å². The van der Waals surface area contributed by atoms with Crippen LogP contribution in [0.25, 0.3) is 11.1 Å². The summed E-state index contributed by atoms with van der Waals surface area (Å²) in [6.45, 7) is 3.90. The van der Waals surface area contributed by atoms with Gasteiger partial charge in [0.15, 0.2) is 0 Å². The van der Waals surface area contributed by atoms with E-state index in [1.165, 1.54) is 0 Å². The number of carboxylic acid groups (broad SMARTS) is 1. The Morgan fingerprint density at radius 3 is 2.16 bits per heavy atom. The lowest BCUT2D eigenvalue weighted by atomic mass is 9.98. The average molecular weight is 424 g/mol. The van der Waals surface area contributed by atoms with Gasteiger partial charge in [-0.15, -0.1) is 0 Å². The molecule has 0 saturated carbocycles.